The summed E-state index contributed by atoms with van der Waals surface area (Å²) in [7, 11) is 0. The lowest BCUT2D eigenvalue weighted by molar-refractivity contribution is 0.308. The second-order valence-electron chi connectivity index (χ2n) is 11.3. The third kappa shape index (κ3) is 6.64. The van der Waals surface area contributed by atoms with E-state index in [2.05, 4.69) is 26.0 Å². The van der Waals surface area contributed by atoms with Crippen LogP contribution in [0.5, 0.6) is 0 Å². The zero-order valence-electron chi connectivity index (χ0n) is 22.2. The van der Waals surface area contributed by atoms with Gasteiger partial charge in [0, 0.05) is 5.56 Å². The highest BCUT2D eigenvalue weighted by atomic mass is 19.2. The molecule has 0 bridgehead atoms. The van der Waals surface area contributed by atoms with Gasteiger partial charge in [0.2, 0.25) is 0 Å². The molecule has 0 nitrogen and oxygen atoms in total. The molecule has 0 saturated heterocycles. The van der Waals surface area contributed by atoms with E-state index in [-0.39, 0.29) is 5.82 Å². The van der Waals surface area contributed by atoms with Crippen LogP contribution < -0.4 is 0 Å². The maximum absolute atomic E-state index is 15.0. The van der Waals surface area contributed by atoms with Crippen LogP contribution in [0, 0.1) is 29.3 Å². The van der Waals surface area contributed by atoms with Gasteiger partial charge in [0.25, 0.3) is 0 Å². The molecule has 0 N–H and O–H groups in total. The molecule has 0 aromatic heterocycles. The van der Waals surface area contributed by atoms with Crippen LogP contribution in [0.1, 0.15) is 119 Å². The van der Waals surface area contributed by atoms with Gasteiger partial charge in [-0.1, -0.05) is 63.5 Å². The average molecular weight is 497 g/mol. The molecule has 2 aromatic carbocycles. The average Bonchev–Trinajstić information content (AvgIpc) is 2.90. The van der Waals surface area contributed by atoms with E-state index >= 15 is 0 Å². The lowest BCUT2D eigenvalue weighted by atomic mass is 9.76. The Morgan fingerprint density at radius 2 is 1.53 bits per heavy atom. The van der Waals surface area contributed by atoms with E-state index in [9.17, 15) is 13.2 Å². The Balaban J connectivity index is 1.29. The topological polar surface area (TPSA) is 0 Å². The fourth-order valence-electron chi connectivity index (χ4n) is 6.37. The largest absolute Gasteiger partial charge is 0.207 e. The molecule has 0 spiro atoms. The molecule has 0 aliphatic heterocycles. The molecule has 0 heterocycles. The quantitative estimate of drug-likeness (QED) is 0.307. The van der Waals surface area contributed by atoms with Crippen LogP contribution in [0.3, 0.4) is 0 Å². The molecule has 3 heteroatoms. The van der Waals surface area contributed by atoms with Crippen molar-refractivity contribution in [2.75, 3.05) is 0 Å². The van der Waals surface area contributed by atoms with Crippen LogP contribution >= 0.6 is 0 Å². The Labute approximate surface area is 216 Å². The summed E-state index contributed by atoms with van der Waals surface area (Å²) in [4.78, 5) is 0. The van der Waals surface area contributed by atoms with Crippen molar-refractivity contribution in [3.8, 4) is 0 Å². The van der Waals surface area contributed by atoms with Gasteiger partial charge in [-0.15, -0.1) is 0 Å². The van der Waals surface area contributed by atoms with Crippen molar-refractivity contribution in [3.63, 3.8) is 0 Å². The van der Waals surface area contributed by atoms with Crippen molar-refractivity contribution < 1.29 is 13.2 Å². The second kappa shape index (κ2) is 13.0. The molecular formula is C33H43F3. The van der Waals surface area contributed by atoms with Crippen molar-refractivity contribution >= 4 is 5.57 Å². The van der Waals surface area contributed by atoms with Gasteiger partial charge >= 0.3 is 0 Å². The van der Waals surface area contributed by atoms with Crippen molar-refractivity contribution in [2.45, 2.75) is 110 Å². The zero-order chi connectivity index (χ0) is 25.5. The standard InChI is InChI=1S/C33H43F3/c1-3-5-7-27-18-19-29(22-31(27)34)25-13-8-24(9-14-25)12-17-28-20-21-30(33(36)32(28)35)26-15-10-23(6-4-2)11-16-26/h15,18-25H,3-14,16-17H2,1-2H3. The predicted molar refractivity (Wildman–Crippen MR) is 145 cm³/mol. The van der Waals surface area contributed by atoms with Gasteiger partial charge < -0.3 is 0 Å². The van der Waals surface area contributed by atoms with E-state index in [4.69, 9.17) is 0 Å². The third-order valence-corrected chi connectivity index (χ3v) is 8.74. The number of hydrogen-bond donors (Lipinski definition) is 0. The van der Waals surface area contributed by atoms with Crippen LogP contribution in [-0.4, -0.2) is 0 Å². The van der Waals surface area contributed by atoms with Crippen LogP contribution in [0.4, 0.5) is 13.2 Å². The fraction of sp³-hybridized carbons (Fsp3) is 0.576. The highest BCUT2D eigenvalue weighted by Crippen LogP contribution is 2.39. The molecule has 1 atom stereocenters. The number of unbranched alkanes of at least 4 members (excludes halogenated alkanes) is 1. The Morgan fingerprint density at radius 1 is 0.750 bits per heavy atom. The van der Waals surface area contributed by atoms with Crippen LogP contribution in [0.25, 0.3) is 5.57 Å². The van der Waals surface area contributed by atoms with Crippen molar-refractivity contribution in [1.82, 2.24) is 0 Å². The Bertz CT molecular complexity index is 1030. The molecule has 1 saturated carbocycles. The summed E-state index contributed by atoms with van der Waals surface area (Å²) in [6, 6.07) is 9.45. The number of rotatable bonds is 10. The Kier molecular flexibility index (Phi) is 9.73. The first-order valence-electron chi connectivity index (χ1n) is 14.4. The predicted octanol–water partition coefficient (Wildman–Crippen LogP) is 10.3. The summed E-state index contributed by atoms with van der Waals surface area (Å²) in [5.41, 5.74) is 3.88. The van der Waals surface area contributed by atoms with E-state index in [1.165, 1.54) is 12.8 Å². The molecule has 2 aromatic rings. The van der Waals surface area contributed by atoms with E-state index in [0.29, 0.717) is 35.3 Å². The monoisotopic (exact) mass is 496 g/mol. The first-order valence-corrected chi connectivity index (χ1v) is 14.4. The molecule has 0 amide bonds. The highest BCUT2D eigenvalue weighted by molar-refractivity contribution is 5.67. The van der Waals surface area contributed by atoms with Crippen LogP contribution in [-0.2, 0) is 12.8 Å². The second-order valence-corrected chi connectivity index (χ2v) is 11.3. The number of benzene rings is 2. The van der Waals surface area contributed by atoms with Gasteiger partial charge in [0.05, 0.1) is 0 Å². The minimum Gasteiger partial charge on any atom is -0.207 e. The molecule has 0 radical (unpaired) electrons. The lowest BCUT2D eigenvalue weighted by Gasteiger charge is -2.29. The number of allylic oxidation sites excluding steroid dienone is 2. The fourth-order valence-corrected chi connectivity index (χ4v) is 6.37. The minimum absolute atomic E-state index is 0.0613. The first kappa shape index (κ1) is 27.0. The number of aryl methyl sites for hydroxylation is 2. The van der Waals surface area contributed by atoms with Gasteiger partial charge in [-0.25, -0.2) is 13.2 Å². The smallest absolute Gasteiger partial charge is 0.166 e. The van der Waals surface area contributed by atoms with Crippen molar-refractivity contribution in [1.29, 1.82) is 0 Å². The van der Waals surface area contributed by atoms with Gasteiger partial charge in [-0.05, 0) is 117 Å². The SMILES string of the molecule is CCCCc1ccc(C2CCC(CCc3ccc(C4=CCC(CCC)CC4)c(F)c3F)CC2)cc1F. The van der Waals surface area contributed by atoms with Crippen LogP contribution in [0.2, 0.25) is 0 Å². The minimum atomic E-state index is -0.666. The molecule has 1 unspecified atom stereocenters. The molecule has 36 heavy (non-hydrogen) atoms. The highest BCUT2D eigenvalue weighted by Gasteiger charge is 2.24. The summed E-state index contributed by atoms with van der Waals surface area (Å²) >= 11 is 0. The molecule has 1 fully saturated rings. The summed E-state index contributed by atoms with van der Waals surface area (Å²) in [6.45, 7) is 4.33. The summed E-state index contributed by atoms with van der Waals surface area (Å²) in [6.07, 6.45) is 16.0. The van der Waals surface area contributed by atoms with E-state index in [0.717, 1.165) is 87.3 Å². The Morgan fingerprint density at radius 3 is 2.19 bits per heavy atom. The summed E-state index contributed by atoms with van der Waals surface area (Å²) < 4.78 is 44.5. The summed E-state index contributed by atoms with van der Waals surface area (Å²) in [5.74, 6) is 0.231. The maximum Gasteiger partial charge on any atom is 0.166 e. The molecular weight excluding hydrogens is 453 g/mol. The summed E-state index contributed by atoms with van der Waals surface area (Å²) in [5, 5.41) is 0. The zero-order valence-corrected chi connectivity index (χ0v) is 22.2. The van der Waals surface area contributed by atoms with E-state index in [1.54, 1.807) is 18.2 Å². The van der Waals surface area contributed by atoms with E-state index < -0.39 is 11.6 Å². The van der Waals surface area contributed by atoms with Crippen LogP contribution in [0.15, 0.2) is 36.4 Å². The number of hydrogen-bond acceptors (Lipinski definition) is 0. The number of halogens is 3. The maximum atomic E-state index is 15.0. The van der Waals surface area contributed by atoms with E-state index in [1.807, 2.05) is 6.07 Å². The van der Waals surface area contributed by atoms with Gasteiger partial charge in [0.1, 0.15) is 5.82 Å². The van der Waals surface area contributed by atoms with Gasteiger partial charge in [-0.3, -0.25) is 0 Å². The molecule has 4 rings (SSSR count). The van der Waals surface area contributed by atoms with Gasteiger partial charge in [0.15, 0.2) is 11.6 Å². The molecule has 2 aliphatic carbocycles. The normalized spacial score (nSPS) is 22.5. The lowest BCUT2D eigenvalue weighted by Crippen LogP contribution is -2.15. The third-order valence-electron chi connectivity index (χ3n) is 8.74. The van der Waals surface area contributed by atoms with Gasteiger partial charge in [-0.2, -0.15) is 0 Å². The van der Waals surface area contributed by atoms with Crippen molar-refractivity contribution in [3.05, 3.63) is 76.1 Å². The van der Waals surface area contributed by atoms with Crippen molar-refractivity contribution in [2.24, 2.45) is 11.8 Å². The Hall–Kier alpha value is -2.03. The molecule has 196 valence electrons. The molecule has 2 aliphatic rings. The first-order chi connectivity index (χ1) is 17.5.